The van der Waals surface area contributed by atoms with Gasteiger partial charge in [0.25, 0.3) is 0 Å². The van der Waals surface area contributed by atoms with E-state index in [0.29, 0.717) is 36.8 Å². The first kappa shape index (κ1) is 41.6. The van der Waals surface area contributed by atoms with E-state index in [4.69, 9.17) is 25.8 Å². The Kier molecular flexibility index (Phi) is 16.5. The number of morpholine rings is 1. The van der Waals surface area contributed by atoms with E-state index in [2.05, 4.69) is 28.5 Å². The number of halogens is 1. The van der Waals surface area contributed by atoms with Crippen LogP contribution in [0.15, 0.2) is 0 Å². The maximum absolute atomic E-state index is 12.6. The van der Waals surface area contributed by atoms with Gasteiger partial charge in [-0.15, -0.1) is 11.6 Å². The SMILES string of the molecule is CCOC[C@H]1CC[C@@H](N2CCC(N(C(=O)CCl)[C@H]3CCCCC3O)CC2)C1.CCOC[C@H]1CC[C@@H](N2CCC(N3C(=O)CO[C@H]4CCCC[C@@H]43)CC2)C1. The van der Waals surface area contributed by atoms with Crippen LogP contribution in [-0.2, 0) is 23.8 Å². The van der Waals surface area contributed by atoms with Gasteiger partial charge in [-0.2, -0.15) is 0 Å². The number of rotatable bonds is 12. The Morgan fingerprint density at radius 1 is 0.755 bits per heavy atom. The number of nitrogens with zero attached hydrogens (tertiary/aromatic N) is 4. The average molecular weight is 766 g/mol. The molecule has 0 aromatic carbocycles. The van der Waals surface area contributed by atoms with E-state index in [1.807, 2.05) is 4.90 Å². The average Bonchev–Trinajstić information content (AvgIpc) is 3.88. The van der Waals surface area contributed by atoms with Gasteiger partial charge >= 0.3 is 0 Å². The summed E-state index contributed by atoms with van der Waals surface area (Å²) in [5.41, 5.74) is 0. The van der Waals surface area contributed by atoms with E-state index in [1.165, 1.54) is 51.4 Å². The molecule has 0 aromatic heterocycles. The first-order chi connectivity index (χ1) is 25.9. The summed E-state index contributed by atoms with van der Waals surface area (Å²) in [4.78, 5) is 34.8. The molecule has 1 unspecified atom stereocenters. The predicted molar refractivity (Wildman–Crippen MR) is 209 cm³/mol. The molecule has 304 valence electrons. The molecule has 3 saturated heterocycles. The molecule has 7 fully saturated rings. The first-order valence-corrected chi connectivity index (χ1v) is 22.5. The van der Waals surface area contributed by atoms with Crippen molar-refractivity contribution in [2.75, 3.05) is 65.1 Å². The molecule has 2 amide bonds. The van der Waals surface area contributed by atoms with Gasteiger partial charge in [-0.1, -0.05) is 25.7 Å². The van der Waals surface area contributed by atoms with Gasteiger partial charge in [-0.25, -0.2) is 0 Å². The summed E-state index contributed by atoms with van der Waals surface area (Å²) in [6.45, 7) is 12.3. The Morgan fingerprint density at radius 3 is 1.91 bits per heavy atom. The lowest BCUT2D eigenvalue weighted by atomic mass is 9.87. The largest absolute Gasteiger partial charge is 0.391 e. The van der Waals surface area contributed by atoms with Crippen molar-refractivity contribution >= 4 is 23.4 Å². The lowest BCUT2D eigenvalue weighted by molar-refractivity contribution is -0.167. The van der Waals surface area contributed by atoms with Gasteiger partial charge in [0, 0.05) is 76.8 Å². The molecule has 4 aliphatic carbocycles. The number of carbonyl (C=O) groups excluding carboxylic acids is 2. The topological polar surface area (TPSA) is 95.0 Å². The minimum Gasteiger partial charge on any atom is -0.391 e. The molecule has 11 heteroatoms. The summed E-state index contributed by atoms with van der Waals surface area (Å²) in [5.74, 6) is 1.72. The van der Waals surface area contributed by atoms with Crippen molar-refractivity contribution in [2.45, 2.75) is 178 Å². The lowest BCUT2D eigenvalue weighted by Crippen LogP contribution is -2.61. The maximum atomic E-state index is 12.6. The summed E-state index contributed by atoms with van der Waals surface area (Å²) in [6.07, 6.45) is 20.6. The molecule has 3 aliphatic heterocycles. The Labute approximate surface area is 325 Å². The molecule has 0 radical (unpaired) electrons. The van der Waals surface area contributed by atoms with Crippen LogP contribution in [0.3, 0.4) is 0 Å². The minimum atomic E-state index is -0.391. The maximum Gasteiger partial charge on any atom is 0.249 e. The van der Waals surface area contributed by atoms with Crippen molar-refractivity contribution in [1.82, 2.24) is 19.6 Å². The van der Waals surface area contributed by atoms with Crippen LogP contribution in [0.5, 0.6) is 0 Å². The molecule has 0 spiro atoms. The summed E-state index contributed by atoms with van der Waals surface area (Å²) in [6, 6.07) is 2.39. The summed E-state index contributed by atoms with van der Waals surface area (Å²) >= 11 is 5.93. The van der Waals surface area contributed by atoms with Crippen LogP contribution < -0.4 is 0 Å². The molecule has 3 heterocycles. The Balaban J connectivity index is 0.000000181. The third-order valence-electron chi connectivity index (χ3n) is 14.1. The van der Waals surface area contributed by atoms with E-state index in [9.17, 15) is 14.7 Å². The number of hydrogen-bond donors (Lipinski definition) is 1. The van der Waals surface area contributed by atoms with Crippen LogP contribution in [-0.4, -0.2) is 150 Å². The van der Waals surface area contributed by atoms with Gasteiger partial charge in [0.05, 0.1) is 24.3 Å². The highest BCUT2D eigenvalue weighted by Crippen LogP contribution is 2.36. The number of ether oxygens (including phenoxy) is 3. The second-order valence-corrected chi connectivity index (χ2v) is 17.6. The van der Waals surface area contributed by atoms with Crippen LogP contribution >= 0.6 is 11.6 Å². The second-order valence-electron chi connectivity index (χ2n) is 17.4. The molecule has 7 rings (SSSR count). The summed E-state index contributed by atoms with van der Waals surface area (Å²) in [7, 11) is 0. The molecule has 8 atom stereocenters. The van der Waals surface area contributed by atoms with Gasteiger partial charge in [0.1, 0.15) is 12.5 Å². The van der Waals surface area contributed by atoms with Gasteiger partial charge in [0.15, 0.2) is 0 Å². The Hall–Kier alpha value is -1.01. The fraction of sp³-hybridized carbons (Fsp3) is 0.952. The molecule has 7 aliphatic rings. The first-order valence-electron chi connectivity index (χ1n) is 22.0. The number of likely N-dealkylation sites (tertiary alicyclic amines) is 2. The van der Waals surface area contributed by atoms with E-state index < -0.39 is 6.10 Å². The molecular weight excluding hydrogens is 692 g/mol. The van der Waals surface area contributed by atoms with Gasteiger partial charge in [-0.3, -0.25) is 9.59 Å². The van der Waals surface area contributed by atoms with E-state index in [1.54, 1.807) is 0 Å². The highest BCUT2D eigenvalue weighted by atomic mass is 35.5. The number of piperidine rings is 2. The molecule has 53 heavy (non-hydrogen) atoms. The van der Waals surface area contributed by atoms with Crippen molar-refractivity contribution in [3.8, 4) is 0 Å². The van der Waals surface area contributed by atoms with Crippen molar-refractivity contribution in [3.63, 3.8) is 0 Å². The summed E-state index contributed by atoms with van der Waals surface area (Å²) < 4.78 is 17.1. The molecule has 0 bridgehead atoms. The molecule has 10 nitrogen and oxygen atoms in total. The number of hydrogen-bond acceptors (Lipinski definition) is 8. The number of aliphatic hydroxyl groups is 1. The number of aliphatic hydroxyl groups excluding tert-OH is 1. The number of alkyl halides is 1. The van der Waals surface area contributed by atoms with Crippen molar-refractivity contribution in [3.05, 3.63) is 0 Å². The number of fused-ring (bicyclic) bond motifs is 1. The monoisotopic (exact) mass is 765 g/mol. The third-order valence-corrected chi connectivity index (χ3v) is 14.4. The Bertz CT molecular complexity index is 1120. The number of amides is 2. The lowest BCUT2D eigenvalue weighted by Gasteiger charge is -2.49. The van der Waals surface area contributed by atoms with Crippen LogP contribution in [0.4, 0.5) is 0 Å². The number of carbonyl (C=O) groups is 2. The standard InChI is InChI=1S/C21H37ClN2O3.C21H36N2O3/c1-2-27-15-16-7-8-18(13-16)23-11-9-17(10-12-23)24(21(26)14-22)19-5-3-4-6-20(19)25;1-2-25-14-16-7-8-18(13-16)22-11-9-17(10-12-22)23-19-5-3-4-6-20(19)26-15-21(23)24/h16-20,25H,2-15H2,1H3;16-20H,2-15H2,1H3/t16-,18+,19-,20?;16-,18+,19-,20-/m00/s1. The van der Waals surface area contributed by atoms with Gasteiger partial charge in [0.2, 0.25) is 11.8 Å². The Morgan fingerprint density at radius 2 is 1.32 bits per heavy atom. The molecule has 0 aromatic rings. The second kappa shape index (κ2) is 20.9. The fourth-order valence-corrected chi connectivity index (χ4v) is 11.5. The van der Waals surface area contributed by atoms with Crippen LogP contribution in [0, 0.1) is 11.8 Å². The highest BCUT2D eigenvalue weighted by Gasteiger charge is 2.43. The van der Waals surface area contributed by atoms with E-state index in [-0.39, 0.29) is 29.8 Å². The molecule has 4 saturated carbocycles. The fourth-order valence-electron chi connectivity index (χ4n) is 11.3. The van der Waals surface area contributed by atoms with Crippen LogP contribution in [0.1, 0.15) is 129 Å². The summed E-state index contributed by atoms with van der Waals surface area (Å²) in [5, 5.41) is 10.5. The van der Waals surface area contributed by atoms with Crippen molar-refractivity contribution in [1.29, 1.82) is 0 Å². The molecular formula is C42H73ClN4O6. The zero-order valence-corrected chi connectivity index (χ0v) is 34.0. The van der Waals surface area contributed by atoms with E-state index in [0.717, 1.165) is 129 Å². The predicted octanol–water partition coefficient (Wildman–Crippen LogP) is 5.85. The third kappa shape index (κ3) is 10.9. The normalized spacial score (nSPS) is 35.2. The van der Waals surface area contributed by atoms with Crippen LogP contribution in [0.25, 0.3) is 0 Å². The van der Waals surface area contributed by atoms with E-state index >= 15 is 0 Å². The highest BCUT2D eigenvalue weighted by molar-refractivity contribution is 6.27. The quantitative estimate of drug-likeness (QED) is 0.248. The van der Waals surface area contributed by atoms with Gasteiger partial charge < -0.3 is 38.9 Å². The molecule has 1 N–H and O–H groups in total. The van der Waals surface area contributed by atoms with Crippen molar-refractivity contribution in [2.24, 2.45) is 11.8 Å². The zero-order chi connectivity index (χ0) is 37.2. The minimum absolute atomic E-state index is 0.00119. The van der Waals surface area contributed by atoms with Gasteiger partial charge in [-0.05, 0) is 116 Å². The zero-order valence-electron chi connectivity index (χ0n) is 33.2. The van der Waals surface area contributed by atoms with Crippen LogP contribution in [0.2, 0.25) is 0 Å². The smallest absolute Gasteiger partial charge is 0.249 e. The van der Waals surface area contributed by atoms with Crippen molar-refractivity contribution < 1.29 is 28.9 Å².